The zero-order valence-corrected chi connectivity index (χ0v) is 55.3. The molecule has 0 amide bonds. The fourth-order valence-corrected chi connectivity index (χ4v) is 15.7. The Hall–Kier alpha value is -9.59. The largest absolute Gasteiger partial charge is 0.502 e. The minimum Gasteiger partial charge on any atom is -0.502 e. The number of hydrogen-bond acceptors (Lipinski definition) is 29. The van der Waals surface area contributed by atoms with E-state index in [0.717, 1.165) is 22.3 Å². The van der Waals surface area contributed by atoms with Crippen LogP contribution in [0.15, 0.2) is 72.8 Å². The van der Waals surface area contributed by atoms with Crippen LogP contribution in [0.2, 0.25) is 0 Å². The molecular formula is C71H74O29. The maximum absolute atomic E-state index is 13.3. The highest BCUT2D eigenvalue weighted by atomic mass is 16.7. The molecule has 0 bridgehead atoms. The Morgan fingerprint density at radius 3 is 1.05 bits per heavy atom. The Balaban J connectivity index is 0.000000130. The van der Waals surface area contributed by atoms with Crippen molar-refractivity contribution >= 4 is 17.9 Å². The van der Waals surface area contributed by atoms with Gasteiger partial charge in [0.1, 0.15) is 24.4 Å². The molecular weight excluding hydrogens is 1320 g/mol. The van der Waals surface area contributed by atoms with E-state index in [1.807, 2.05) is 36.4 Å². The standard InChI is InChI=1S/C27H30O13.2C22H22O8/c1-34-16-3-10(4-17(35-2)21(16)29)19-11-5-14-15(38-9-37-14)6-12(11)25(13-8-36-26(33)20(13)19)40-27-24(32)23(31)22(30)18(7-28)39-27;2*1-25-16-4-10(5-17(26-2)21(16)27-3)18-11-6-14-15(30-9-29-14)7-12(11)20(23)13-8-28-22(24)19(13)18/h3-6,13,18-20,22-25,27-32H,7-9H2,1-2H3;2*4-7,13,18-20,23H,8-9H2,1-3H3/t13-,18?,19?,20-,22+,23-,24?,25+,27-;13-,18?,19-,20+;13-,18?,19-,20-/m000/s1. The van der Waals surface area contributed by atoms with Crippen molar-refractivity contribution in [3.63, 3.8) is 0 Å². The summed E-state index contributed by atoms with van der Waals surface area (Å²) in [6.45, 7) is -0.0563. The topological polar surface area (TPSA) is 368 Å². The van der Waals surface area contributed by atoms with Crippen LogP contribution < -0.4 is 66.3 Å². The first-order chi connectivity index (χ1) is 48.4. The summed E-state index contributed by atoms with van der Waals surface area (Å²) in [4.78, 5) is 38.7. The van der Waals surface area contributed by atoms with Gasteiger partial charge in [0.05, 0.1) is 119 Å². The van der Waals surface area contributed by atoms with Gasteiger partial charge in [0, 0.05) is 35.5 Å². The smallest absolute Gasteiger partial charge is 0.310 e. The molecule has 6 aromatic rings. The fourth-order valence-electron chi connectivity index (χ4n) is 15.7. The number of methoxy groups -OCH3 is 8. The van der Waals surface area contributed by atoms with Gasteiger partial charge in [-0.2, -0.15) is 0 Å². The Morgan fingerprint density at radius 1 is 0.380 bits per heavy atom. The van der Waals surface area contributed by atoms with Crippen LogP contribution in [0.1, 0.15) is 86.1 Å². The average Bonchev–Trinajstić information content (AvgIpc) is 1.08. The maximum Gasteiger partial charge on any atom is 0.310 e. The van der Waals surface area contributed by atoms with Crippen molar-refractivity contribution < 1.29 is 140 Å². The van der Waals surface area contributed by atoms with Crippen LogP contribution in [-0.4, -0.2) is 188 Å². The van der Waals surface area contributed by atoms with Gasteiger partial charge in [-0.15, -0.1) is 0 Å². The second kappa shape index (κ2) is 27.2. The number of rotatable bonds is 14. The third-order valence-electron chi connectivity index (χ3n) is 20.5. The number of ether oxygens (including phenoxy) is 19. The summed E-state index contributed by atoms with van der Waals surface area (Å²) in [5.74, 6) is 0.553. The van der Waals surface area contributed by atoms with Gasteiger partial charge in [-0.25, -0.2) is 0 Å². The lowest BCUT2D eigenvalue weighted by atomic mass is 9.66. The van der Waals surface area contributed by atoms with Gasteiger partial charge in [0.15, 0.2) is 75.3 Å². The van der Waals surface area contributed by atoms with Crippen LogP contribution in [0.4, 0.5) is 0 Å². The molecule has 0 saturated carbocycles. The number of phenolic OH excluding ortho intramolecular Hbond substituents is 1. The Kier molecular flexibility index (Phi) is 18.4. The van der Waals surface area contributed by atoms with Crippen molar-refractivity contribution in [3.8, 4) is 86.2 Å². The van der Waals surface area contributed by atoms with E-state index in [-0.39, 0.29) is 93.1 Å². The van der Waals surface area contributed by atoms with Gasteiger partial charge in [-0.3, -0.25) is 14.4 Å². The van der Waals surface area contributed by atoms with Crippen molar-refractivity contribution in [3.05, 3.63) is 123 Å². The lowest BCUT2D eigenvalue weighted by Crippen LogP contribution is -2.59. The number of phenols is 1. The van der Waals surface area contributed by atoms with E-state index in [1.54, 1.807) is 64.8 Å². The molecule has 3 aliphatic carbocycles. The first-order valence-corrected chi connectivity index (χ1v) is 32.1. The zero-order chi connectivity index (χ0) is 70.3. The molecule has 29 nitrogen and oxygen atoms in total. The predicted molar refractivity (Wildman–Crippen MR) is 338 cm³/mol. The van der Waals surface area contributed by atoms with E-state index in [9.17, 15) is 50.1 Å². The first kappa shape index (κ1) is 67.6. The van der Waals surface area contributed by atoms with Gasteiger partial charge >= 0.3 is 17.9 Å². The lowest BCUT2D eigenvalue weighted by molar-refractivity contribution is -0.317. The van der Waals surface area contributed by atoms with Crippen LogP contribution >= 0.6 is 0 Å². The zero-order valence-electron chi connectivity index (χ0n) is 55.3. The minimum absolute atomic E-state index is 0.00309. The highest BCUT2D eigenvalue weighted by Crippen LogP contribution is 2.60. The van der Waals surface area contributed by atoms with Gasteiger partial charge in [-0.1, -0.05) is 0 Å². The SMILES string of the molecule is COc1cc(C2c3cc4c(cc3[C@@H](O)[C@H]3COC(=O)[C@H]23)OCO4)cc(OC)c1OC.COc1cc(C2c3cc4c(cc3[C@@H](O[C@@H]3OC(CO)[C@@H](O)[C@H](O)C3O)[C@H]3COC(=O)[C@H]23)OCO4)cc(OC)c1O.COc1cc(C2c3cc4c(cc3[C@H](O)[C@H]3COC(=O)[C@H]23)OCO4)cc(OC)c1OC. The summed E-state index contributed by atoms with van der Waals surface area (Å²) >= 11 is 0. The first-order valence-electron chi connectivity index (χ1n) is 32.1. The van der Waals surface area contributed by atoms with Crippen LogP contribution in [0.5, 0.6) is 86.2 Å². The number of esters is 3. The highest BCUT2D eigenvalue weighted by Gasteiger charge is 2.57. The van der Waals surface area contributed by atoms with E-state index >= 15 is 0 Å². The monoisotopic (exact) mass is 1390 g/mol. The van der Waals surface area contributed by atoms with Crippen LogP contribution in [0.25, 0.3) is 0 Å². The number of hydrogen-bond donors (Lipinski definition) is 7. The van der Waals surface area contributed by atoms with E-state index in [0.29, 0.717) is 96.8 Å². The molecule has 532 valence electrons. The number of aliphatic hydroxyl groups excluding tert-OH is 6. The van der Waals surface area contributed by atoms with Crippen molar-refractivity contribution in [2.24, 2.45) is 35.5 Å². The molecule has 6 aromatic carbocycles. The number of fused-ring (bicyclic) bond motifs is 9. The molecule has 7 heterocycles. The molecule has 0 radical (unpaired) electrons. The van der Waals surface area contributed by atoms with E-state index in [4.69, 9.17) is 90.0 Å². The van der Waals surface area contributed by atoms with Gasteiger partial charge < -0.3 is 126 Å². The van der Waals surface area contributed by atoms with Crippen molar-refractivity contribution in [1.82, 2.24) is 0 Å². The molecule has 4 fully saturated rings. The second-order valence-corrected chi connectivity index (χ2v) is 25.2. The average molecular weight is 1390 g/mol. The van der Waals surface area contributed by atoms with Gasteiger partial charge in [0.25, 0.3) is 0 Å². The minimum atomic E-state index is -1.64. The van der Waals surface area contributed by atoms with Crippen LogP contribution in [0, 0.1) is 35.5 Å². The highest BCUT2D eigenvalue weighted by molar-refractivity contribution is 5.81. The molecule has 7 aliphatic heterocycles. The summed E-state index contributed by atoms with van der Waals surface area (Å²) in [6.07, 6.45) is -10.0. The molecule has 7 N–H and O–H groups in total. The number of carbonyl (C=O) groups excluding carboxylic acids is 3. The summed E-state index contributed by atoms with van der Waals surface area (Å²) in [5, 5.41) is 73.4. The fraction of sp³-hybridized carbons (Fsp3) is 0.451. The van der Waals surface area contributed by atoms with Crippen LogP contribution in [0.3, 0.4) is 0 Å². The van der Waals surface area contributed by atoms with Gasteiger partial charge in [0.2, 0.25) is 37.6 Å². The molecule has 5 unspecified atom stereocenters. The third kappa shape index (κ3) is 11.2. The summed E-state index contributed by atoms with van der Waals surface area (Å²) < 4.78 is 105. The number of cyclic esters (lactones) is 3. The molecule has 10 aliphatic rings. The lowest BCUT2D eigenvalue weighted by Gasteiger charge is -2.44. The van der Waals surface area contributed by atoms with Crippen molar-refractivity contribution in [1.29, 1.82) is 0 Å². The number of aliphatic hydroxyl groups is 6. The normalized spacial score (nSPS) is 29.2. The summed E-state index contributed by atoms with van der Waals surface area (Å²) in [7, 11) is 12.1. The Bertz CT molecular complexity index is 3920. The molecule has 0 spiro atoms. The van der Waals surface area contributed by atoms with Crippen molar-refractivity contribution in [2.75, 3.05) is 104 Å². The Labute approximate surface area is 571 Å². The molecule has 17 atom stereocenters. The summed E-state index contributed by atoms with van der Waals surface area (Å²) in [5.41, 5.74) is 6.42. The number of carbonyl (C=O) groups is 3. The van der Waals surface area contributed by atoms with Crippen molar-refractivity contribution in [2.45, 2.75) is 66.8 Å². The number of aromatic hydroxyl groups is 1. The maximum atomic E-state index is 13.3. The van der Waals surface area contributed by atoms with E-state index in [1.165, 1.54) is 28.4 Å². The van der Waals surface area contributed by atoms with Gasteiger partial charge in [-0.05, 0) is 123 Å². The van der Waals surface area contributed by atoms with E-state index < -0.39 is 91.2 Å². The predicted octanol–water partition coefficient (Wildman–Crippen LogP) is 4.75. The van der Waals surface area contributed by atoms with Crippen LogP contribution in [-0.2, 0) is 38.1 Å². The molecule has 0 aromatic heterocycles. The summed E-state index contributed by atoms with van der Waals surface area (Å²) in [6, 6.07) is 21.3. The number of benzene rings is 6. The quantitative estimate of drug-likeness (QED) is 0.0571. The molecule has 16 rings (SSSR count). The Morgan fingerprint density at radius 2 is 0.700 bits per heavy atom. The molecule has 29 heteroatoms. The third-order valence-corrected chi connectivity index (χ3v) is 20.5. The van der Waals surface area contributed by atoms with E-state index in [2.05, 4.69) is 0 Å². The second-order valence-electron chi connectivity index (χ2n) is 25.2. The molecule has 100 heavy (non-hydrogen) atoms. The molecule has 4 saturated heterocycles.